The normalized spacial score (nSPS) is 25.3. The van der Waals surface area contributed by atoms with E-state index in [4.69, 9.17) is 8.94 Å². The highest BCUT2D eigenvalue weighted by atomic mass is 19.4. The molecule has 12 heteroatoms. The van der Waals surface area contributed by atoms with Gasteiger partial charge in [0.1, 0.15) is 5.75 Å². The van der Waals surface area contributed by atoms with E-state index in [-0.39, 0.29) is 17.8 Å². The molecule has 226 valence electrons. The Labute approximate surface area is 246 Å². The molecule has 1 saturated heterocycles. The Morgan fingerprint density at radius 1 is 0.930 bits per heavy atom. The van der Waals surface area contributed by atoms with E-state index >= 15 is 0 Å². The van der Waals surface area contributed by atoms with Gasteiger partial charge in [0.15, 0.2) is 5.76 Å². The number of alkyl halides is 3. The first kappa shape index (κ1) is 27.8. The molecule has 2 bridgehead atoms. The van der Waals surface area contributed by atoms with Crippen molar-refractivity contribution >= 4 is 11.7 Å². The van der Waals surface area contributed by atoms with E-state index in [9.17, 15) is 13.2 Å². The fourth-order valence-electron chi connectivity index (χ4n) is 6.95. The summed E-state index contributed by atoms with van der Waals surface area (Å²) in [5.74, 6) is 2.02. The molecule has 3 heterocycles. The number of anilines is 2. The van der Waals surface area contributed by atoms with Crippen LogP contribution in [0.2, 0.25) is 0 Å². The van der Waals surface area contributed by atoms with Gasteiger partial charge in [-0.15, -0.1) is 13.2 Å². The van der Waals surface area contributed by atoms with E-state index < -0.39 is 6.36 Å². The molecule has 0 amide bonds. The summed E-state index contributed by atoms with van der Waals surface area (Å²) >= 11 is 0. The minimum Gasteiger partial charge on any atom is -0.424 e. The lowest BCUT2D eigenvalue weighted by atomic mass is 9.89. The van der Waals surface area contributed by atoms with Gasteiger partial charge >= 0.3 is 6.36 Å². The minimum absolute atomic E-state index is 0.160. The van der Waals surface area contributed by atoms with Gasteiger partial charge in [0.05, 0.1) is 6.20 Å². The monoisotopic (exact) mass is 594 g/mol. The Morgan fingerprint density at radius 2 is 1.67 bits per heavy atom. The Hall–Kier alpha value is -4.06. The second-order valence-electron chi connectivity index (χ2n) is 11.8. The lowest BCUT2D eigenvalue weighted by molar-refractivity contribution is -0.274. The molecule has 2 N–H and O–H groups in total. The summed E-state index contributed by atoms with van der Waals surface area (Å²) in [5.41, 5.74) is 2.78. The number of hydrogen-bond acceptors (Lipinski definition) is 9. The van der Waals surface area contributed by atoms with Crippen LogP contribution in [0.25, 0.3) is 22.7 Å². The summed E-state index contributed by atoms with van der Waals surface area (Å²) in [6.07, 6.45) is 3.57. The van der Waals surface area contributed by atoms with Crippen molar-refractivity contribution in [1.29, 1.82) is 0 Å². The number of nitrogens with zero attached hydrogens (tertiary/aromatic N) is 4. The Morgan fingerprint density at radius 3 is 2.37 bits per heavy atom. The molecule has 3 fully saturated rings. The number of aryl methyl sites for hydroxylation is 1. The van der Waals surface area contributed by atoms with E-state index in [0.717, 1.165) is 31.4 Å². The average Bonchev–Trinajstić information content (AvgIpc) is 3.79. The molecule has 5 atom stereocenters. The zero-order valence-corrected chi connectivity index (χ0v) is 23.7. The zero-order chi connectivity index (χ0) is 29.6. The van der Waals surface area contributed by atoms with Crippen LogP contribution in [-0.2, 0) is 0 Å². The molecular weight excluding hydrogens is 561 g/mol. The molecule has 4 aromatic rings. The van der Waals surface area contributed by atoms with E-state index in [1.165, 1.54) is 49.2 Å². The molecule has 1 unspecified atom stereocenters. The largest absolute Gasteiger partial charge is 0.573 e. The first-order chi connectivity index (χ1) is 20.8. The molecule has 2 aromatic heterocycles. The van der Waals surface area contributed by atoms with Crippen molar-refractivity contribution in [2.75, 3.05) is 16.8 Å². The first-order valence-electron chi connectivity index (χ1n) is 14.8. The van der Waals surface area contributed by atoms with Crippen LogP contribution in [0.1, 0.15) is 44.4 Å². The molecule has 1 aliphatic heterocycles. The van der Waals surface area contributed by atoms with Crippen LogP contribution in [-0.4, -0.2) is 52.2 Å². The number of ether oxygens (including phenoxy) is 1. The third kappa shape index (κ3) is 6.06. The summed E-state index contributed by atoms with van der Waals surface area (Å²) < 4.78 is 52.5. The Balaban J connectivity index is 0.991. The third-order valence-corrected chi connectivity index (χ3v) is 8.85. The fraction of sp³-hybridized carbons (Fsp3) is 0.452. The maximum absolute atomic E-state index is 12.5. The van der Waals surface area contributed by atoms with Crippen molar-refractivity contribution in [3.8, 4) is 28.5 Å². The number of oxazole rings is 1. The van der Waals surface area contributed by atoms with Crippen molar-refractivity contribution in [2.24, 2.45) is 5.92 Å². The predicted octanol–water partition coefficient (Wildman–Crippen LogP) is 6.58. The molecule has 2 aliphatic carbocycles. The summed E-state index contributed by atoms with van der Waals surface area (Å²) in [7, 11) is 0. The van der Waals surface area contributed by atoms with Gasteiger partial charge in [-0.25, -0.2) is 4.98 Å². The van der Waals surface area contributed by atoms with Crippen LogP contribution in [0.4, 0.5) is 24.9 Å². The van der Waals surface area contributed by atoms with Crippen molar-refractivity contribution in [3.05, 3.63) is 60.6 Å². The minimum atomic E-state index is -4.73. The molecule has 0 spiro atoms. The summed E-state index contributed by atoms with van der Waals surface area (Å²) in [5, 5.41) is 11.5. The van der Waals surface area contributed by atoms with Gasteiger partial charge in [0, 0.05) is 54.5 Å². The van der Waals surface area contributed by atoms with Crippen LogP contribution in [0.15, 0.2) is 63.7 Å². The van der Waals surface area contributed by atoms with Crippen LogP contribution < -0.4 is 20.3 Å². The average molecular weight is 595 g/mol. The highest BCUT2D eigenvalue weighted by Gasteiger charge is 2.46. The van der Waals surface area contributed by atoms with Gasteiger partial charge in [0.2, 0.25) is 11.7 Å². The topological polar surface area (TPSA) is 101 Å². The third-order valence-electron chi connectivity index (χ3n) is 8.85. The van der Waals surface area contributed by atoms with E-state index in [1.807, 2.05) is 0 Å². The van der Waals surface area contributed by atoms with Crippen molar-refractivity contribution in [2.45, 2.75) is 76.0 Å². The zero-order valence-electron chi connectivity index (χ0n) is 23.7. The highest BCUT2D eigenvalue weighted by Crippen LogP contribution is 2.41. The first-order valence-corrected chi connectivity index (χ1v) is 14.8. The van der Waals surface area contributed by atoms with Crippen molar-refractivity contribution in [1.82, 2.24) is 20.4 Å². The van der Waals surface area contributed by atoms with Crippen molar-refractivity contribution in [3.63, 3.8) is 0 Å². The fourth-order valence-corrected chi connectivity index (χ4v) is 6.95. The number of aromatic nitrogens is 3. The van der Waals surface area contributed by atoms with E-state index in [1.54, 1.807) is 13.1 Å². The van der Waals surface area contributed by atoms with Crippen LogP contribution >= 0.6 is 0 Å². The summed E-state index contributed by atoms with van der Waals surface area (Å²) in [6, 6.07) is 15.7. The Bertz CT molecular complexity index is 1540. The smallest absolute Gasteiger partial charge is 0.424 e. The van der Waals surface area contributed by atoms with Crippen LogP contribution in [0.5, 0.6) is 5.75 Å². The van der Waals surface area contributed by atoms with Gasteiger partial charge in [-0.1, -0.05) is 18.0 Å². The van der Waals surface area contributed by atoms with Gasteiger partial charge < -0.3 is 29.2 Å². The molecule has 2 saturated carbocycles. The Kier molecular flexibility index (Phi) is 7.24. The number of halogens is 3. The molecule has 7 rings (SSSR count). The van der Waals surface area contributed by atoms with Gasteiger partial charge in [-0.2, -0.15) is 4.98 Å². The molecular formula is C31H33F3N6O3. The number of nitrogens with one attached hydrogen (secondary N) is 2. The molecule has 0 radical (unpaired) electrons. The van der Waals surface area contributed by atoms with Gasteiger partial charge in [0.25, 0.3) is 6.01 Å². The second-order valence-corrected chi connectivity index (χ2v) is 11.8. The molecule has 43 heavy (non-hydrogen) atoms. The number of piperidine rings is 1. The molecule has 9 nitrogen and oxygen atoms in total. The standard InChI is InChI=1S/C31H33F3N6O3/c1-18-36-29(39-43-18)21-6-10-22(11-7-21)40-17-19-14-26(27(40)15-19)37-24-4-2-3-5-25(24)38-30-35-16-28(41-30)20-8-12-23(13-9-20)42-31(32,33)34/h6-13,16,19,24-27,37H,2-5,14-15,17H2,1H3,(H,35,38)/t19-,24-,25?,26+,27-/m1/s1. The second kappa shape index (κ2) is 11.2. The summed E-state index contributed by atoms with van der Waals surface area (Å²) in [6.45, 7) is 2.86. The lowest BCUT2D eigenvalue weighted by Gasteiger charge is -2.40. The SMILES string of the molecule is Cc1nc(-c2ccc(N3C[C@@H]4C[C@H](N[C@@H]5CCCCC5Nc5ncc(-c6ccc(OC(F)(F)F)cc6)o5)[C@H]3C4)cc2)no1. The maximum atomic E-state index is 12.5. The van der Waals surface area contributed by atoms with Crippen LogP contribution in [0, 0.1) is 12.8 Å². The maximum Gasteiger partial charge on any atom is 0.573 e. The van der Waals surface area contributed by atoms with Gasteiger partial charge in [-0.3, -0.25) is 0 Å². The summed E-state index contributed by atoms with van der Waals surface area (Å²) in [4.78, 5) is 11.3. The lowest BCUT2D eigenvalue weighted by Crippen LogP contribution is -2.56. The number of hydrogen-bond donors (Lipinski definition) is 2. The van der Waals surface area contributed by atoms with Gasteiger partial charge in [-0.05, 0) is 80.1 Å². The molecule has 2 aromatic carbocycles. The number of fused-ring (bicyclic) bond motifs is 2. The number of benzene rings is 2. The van der Waals surface area contributed by atoms with E-state index in [0.29, 0.717) is 47.1 Å². The quantitative estimate of drug-likeness (QED) is 0.234. The van der Waals surface area contributed by atoms with Crippen LogP contribution in [0.3, 0.4) is 0 Å². The number of rotatable bonds is 8. The molecule has 3 aliphatic rings. The van der Waals surface area contributed by atoms with Crippen molar-refractivity contribution < 1.29 is 26.8 Å². The highest BCUT2D eigenvalue weighted by molar-refractivity contribution is 5.61. The predicted molar refractivity (Wildman–Crippen MR) is 154 cm³/mol. The van der Waals surface area contributed by atoms with E-state index in [2.05, 4.69) is 59.7 Å².